The lowest BCUT2D eigenvalue weighted by molar-refractivity contribution is 0.318. The van der Waals surface area contributed by atoms with E-state index in [1.54, 1.807) is 22.6 Å². The minimum absolute atomic E-state index is 0.252. The van der Waals surface area contributed by atoms with Crippen molar-refractivity contribution in [2.24, 2.45) is 0 Å². The van der Waals surface area contributed by atoms with Crippen LogP contribution in [0.25, 0.3) is 10.9 Å². The van der Waals surface area contributed by atoms with Gasteiger partial charge in [-0.05, 0) is 43.5 Å². The summed E-state index contributed by atoms with van der Waals surface area (Å²) in [6.07, 6.45) is 6.90. The minimum Gasteiger partial charge on any atom is -0.491 e. The quantitative estimate of drug-likeness (QED) is 0.553. The highest BCUT2D eigenvalue weighted by Crippen LogP contribution is 2.23. The molecule has 30 heavy (non-hydrogen) atoms. The summed E-state index contributed by atoms with van der Waals surface area (Å²) in [7, 11) is -3.44. The lowest BCUT2D eigenvalue weighted by atomic mass is 10.2. The number of nitrogens with one attached hydrogen (secondary N) is 1. The summed E-state index contributed by atoms with van der Waals surface area (Å²) in [5.41, 5.74) is 0.861. The maximum absolute atomic E-state index is 12.7. The Bertz CT molecular complexity index is 1080. The molecular weight excluding hydrogens is 400 g/mol. The van der Waals surface area contributed by atoms with Crippen LogP contribution in [-0.4, -0.2) is 48.9 Å². The first-order valence-electron chi connectivity index (χ1n) is 10.3. The Morgan fingerprint density at radius 1 is 1.00 bits per heavy atom. The Labute approximate surface area is 177 Å². The molecule has 158 valence electrons. The molecule has 7 nitrogen and oxygen atoms in total. The number of rotatable bonds is 8. The number of anilines is 1. The zero-order valence-corrected chi connectivity index (χ0v) is 17.6. The maximum Gasteiger partial charge on any atom is 0.244 e. The SMILES string of the molecule is O=S(=O)(c1ccc(NCCCOc2cccc3cccnc23)nc1)N1CCCCC1. The first-order chi connectivity index (χ1) is 14.6. The van der Waals surface area contributed by atoms with Gasteiger partial charge in [0, 0.05) is 37.4 Å². The van der Waals surface area contributed by atoms with Gasteiger partial charge in [-0.25, -0.2) is 13.4 Å². The summed E-state index contributed by atoms with van der Waals surface area (Å²) >= 11 is 0. The van der Waals surface area contributed by atoms with Crippen molar-refractivity contribution < 1.29 is 13.2 Å². The first-order valence-corrected chi connectivity index (χ1v) is 11.8. The van der Waals surface area contributed by atoms with Crippen LogP contribution in [0.2, 0.25) is 0 Å². The standard InChI is InChI=1S/C22H26N4O3S/c27-30(28,26-14-2-1-3-15-26)19-10-11-21(25-17-19)23-13-6-16-29-20-9-4-7-18-8-5-12-24-22(18)20/h4-5,7-12,17H,1-3,6,13-16H2,(H,23,25). The molecule has 4 rings (SSSR count). The Hall–Kier alpha value is -2.71. The summed E-state index contributed by atoms with van der Waals surface area (Å²) in [5, 5.41) is 4.26. The number of aromatic nitrogens is 2. The third-order valence-corrected chi connectivity index (χ3v) is 7.05. The molecule has 8 heteroatoms. The van der Waals surface area contributed by atoms with Crippen molar-refractivity contribution in [3.05, 3.63) is 54.9 Å². The van der Waals surface area contributed by atoms with Gasteiger partial charge in [0.2, 0.25) is 10.0 Å². The van der Waals surface area contributed by atoms with Crippen molar-refractivity contribution in [2.75, 3.05) is 31.6 Å². The first kappa shape index (κ1) is 20.6. The molecular formula is C22H26N4O3S. The fraction of sp³-hybridized carbons (Fsp3) is 0.364. The van der Waals surface area contributed by atoms with Gasteiger partial charge in [-0.1, -0.05) is 24.6 Å². The highest BCUT2D eigenvalue weighted by molar-refractivity contribution is 7.89. The van der Waals surface area contributed by atoms with Gasteiger partial charge < -0.3 is 10.1 Å². The van der Waals surface area contributed by atoms with Crippen molar-refractivity contribution in [2.45, 2.75) is 30.6 Å². The number of hydrogen-bond donors (Lipinski definition) is 1. The van der Waals surface area contributed by atoms with E-state index in [9.17, 15) is 8.42 Å². The molecule has 0 saturated carbocycles. The number of fused-ring (bicyclic) bond motifs is 1. The molecule has 1 aliphatic rings. The Balaban J connectivity index is 1.26. The highest BCUT2D eigenvalue weighted by Gasteiger charge is 2.26. The average molecular weight is 427 g/mol. The van der Waals surface area contributed by atoms with E-state index in [1.807, 2.05) is 30.3 Å². The number of ether oxygens (including phenoxy) is 1. The molecule has 1 saturated heterocycles. The predicted octanol–water partition coefficient (Wildman–Crippen LogP) is 3.69. The Morgan fingerprint density at radius 2 is 1.83 bits per heavy atom. The van der Waals surface area contributed by atoms with Crippen molar-refractivity contribution in [1.82, 2.24) is 14.3 Å². The number of pyridine rings is 2. The summed E-state index contributed by atoms with van der Waals surface area (Å²) in [6.45, 7) is 2.40. The highest BCUT2D eigenvalue weighted by atomic mass is 32.2. The molecule has 3 aromatic rings. The number of piperidine rings is 1. The second kappa shape index (κ2) is 9.40. The maximum atomic E-state index is 12.7. The average Bonchev–Trinajstić information content (AvgIpc) is 2.80. The van der Waals surface area contributed by atoms with Gasteiger partial charge in [0.05, 0.1) is 6.61 Å². The molecule has 0 amide bonds. The number of hydrogen-bond acceptors (Lipinski definition) is 6. The van der Waals surface area contributed by atoms with Gasteiger partial charge in [0.15, 0.2) is 0 Å². The van der Waals surface area contributed by atoms with Crippen molar-refractivity contribution >= 4 is 26.7 Å². The molecule has 0 atom stereocenters. The van der Waals surface area contributed by atoms with Crippen LogP contribution >= 0.6 is 0 Å². The van der Waals surface area contributed by atoms with Gasteiger partial charge >= 0.3 is 0 Å². The van der Waals surface area contributed by atoms with Crippen LogP contribution in [0, 0.1) is 0 Å². The van der Waals surface area contributed by atoms with Crippen LogP contribution in [0.1, 0.15) is 25.7 Å². The number of benzene rings is 1. The second-order valence-corrected chi connectivity index (χ2v) is 9.24. The molecule has 0 unspecified atom stereocenters. The van der Waals surface area contributed by atoms with Crippen LogP contribution in [-0.2, 0) is 10.0 Å². The monoisotopic (exact) mass is 426 g/mol. The van der Waals surface area contributed by atoms with E-state index in [-0.39, 0.29) is 4.90 Å². The van der Waals surface area contributed by atoms with E-state index in [0.29, 0.717) is 32.1 Å². The van der Waals surface area contributed by atoms with Crippen LogP contribution in [0.5, 0.6) is 5.75 Å². The Morgan fingerprint density at radius 3 is 2.63 bits per heavy atom. The summed E-state index contributed by atoms with van der Waals surface area (Å²) in [4.78, 5) is 8.91. The summed E-state index contributed by atoms with van der Waals surface area (Å²) < 4.78 is 32.8. The number of para-hydroxylation sites is 1. The predicted molar refractivity (Wildman–Crippen MR) is 117 cm³/mol. The molecule has 1 N–H and O–H groups in total. The molecule has 0 radical (unpaired) electrons. The lowest BCUT2D eigenvalue weighted by Crippen LogP contribution is -2.35. The van der Waals surface area contributed by atoms with E-state index < -0.39 is 10.0 Å². The molecule has 0 bridgehead atoms. The molecule has 1 aliphatic heterocycles. The minimum atomic E-state index is -3.44. The van der Waals surface area contributed by atoms with Gasteiger partial charge in [-0.2, -0.15) is 4.31 Å². The number of nitrogens with zero attached hydrogens (tertiary/aromatic N) is 3. The van der Waals surface area contributed by atoms with Gasteiger partial charge in [0.1, 0.15) is 22.0 Å². The third-order valence-electron chi connectivity index (χ3n) is 5.17. The van der Waals surface area contributed by atoms with E-state index in [4.69, 9.17) is 4.74 Å². The van der Waals surface area contributed by atoms with E-state index >= 15 is 0 Å². The fourth-order valence-electron chi connectivity index (χ4n) is 3.56. The van der Waals surface area contributed by atoms with Crippen LogP contribution in [0.3, 0.4) is 0 Å². The molecule has 0 aliphatic carbocycles. The van der Waals surface area contributed by atoms with Crippen molar-refractivity contribution in [3.8, 4) is 5.75 Å². The normalized spacial score (nSPS) is 15.2. The van der Waals surface area contributed by atoms with Crippen LogP contribution in [0.15, 0.2) is 59.8 Å². The van der Waals surface area contributed by atoms with Gasteiger partial charge in [0.25, 0.3) is 0 Å². The fourth-order valence-corrected chi connectivity index (χ4v) is 5.02. The van der Waals surface area contributed by atoms with Crippen molar-refractivity contribution in [1.29, 1.82) is 0 Å². The van der Waals surface area contributed by atoms with E-state index in [2.05, 4.69) is 15.3 Å². The van der Waals surface area contributed by atoms with Gasteiger partial charge in [-0.15, -0.1) is 0 Å². The van der Waals surface area contributed by atoms with Crippen LogP contribution in [0.4, 0.5) is 5.82 Å². The topological polar surface area (TPSA) is 84.4 Å². The van der Waals surface area contributed by atoms with E-state index in [0.717, 1.165) is 42.3 Å². The Kier molecular flexibility index (Phi) is 6.44. The van der Waals surface area contributed by atoms with Crippen LogP contribution < -0.4 is 10.1 Å². The molecule has 2 aromatic heterocycles. The van der Waals surface area contributed by atoms with Crippen molar-refractivity contribution in [3.63, 3.8) is 0 Å². The zero-order chi connectivity index (χ0) is 20.8. The number of sulfonamides is 1. The molecule has 0 spiro atoms. The van der Waals surface area contributed by atoms with Gasteiger partial charge in [-0.3, -0.25) is 4.98 Å². The smallest absolute Gasteiger partial charge is 0.244 e. The lowest BCUT2D eigenvalue weighted by Gasteiger charge is -2.25. The zero-order valence-electron chi connectivity index (χ0n) is 16.8. The molecule has 1 fully saturated rings. The third kappa shape index (κ3) is 4.71. The summed E-state index contributed by atoms with van der Waals surface area (Å²) in [6, 6.07) is 13.2. The summed E-state index contributed by atoms with van der Waals surface area (Å²) in [5.74, 6) is 1.43. The largest absolute Gasteiger partial charge is 0.491 e. The molecule has 1 aromatic carbocycles. The van der Waals surface area contributed by atoms with E-state index in [1.165, 1.54) is 6.20 Å². The molecule has 3 heterocycles. The second-order valence-electron chi connectivity index (χ2n) is 7.30.